The van der Waals surface area contributed by atoms with Gasteiger partial charge in [-0.3, -0.25) is 10.1 Å². The number of aliphatic imine (C=N–C) groups is 1. The first-order chi connectivity index (χ1) is 11.2. The molecule has 0 bridgehead atoms. The molecular weight excluding hydrogens is 308 g/mol. The van der Waals surface area contributed by atoms with E-state index in [0.717, 1.165) is 5.69 Å². The molecule has 128 valence electrons. The lowest BCUT2D eigenvalue weighted by Crippen LogP contribution is -2.27. The first-order valence-electron chi connectivity index (χ1n) is 7.51. The molecule has 2 aromatic rings. The summed E-state index contributed by atoms with van der Waals surface area (Å²) in [7, 11) is 0. The summed E-state index contributed by atoms with van der Waals surface area (Å²) < 4.78 is 5.35. The van der Waals surface area contributed by atoms with Crippen LogP contribution in [0.2, 0.25) is 0 Å². The van der Waals surface area contributed by atoms with Gasteiger partial charge in [0.15, 0.2) is 5.96 Å². The highest BCUT2D eigenvalue weighted by Gasteiger charge is 2.12. The van der Waals surface area contributed by atoms with Gasteiger partial charge in [0.2, 0.25) is 5.91 Å². The molecule has 0 saturated heterocycles. The Kier molecular flexibility index (Phi) is 5.18. The van der Waals surface area contributed by atoms with E-state index in [1.807, 2.05) is 39.0 Å². The molecule has 1 amide bonds. The Morgan fingerprint density at radius 1 is 1.29 bits per heavy atom. The third-order valence-electron chi connectivity index (χ3n) is 2.78. The summed E-state index contributed by atoms with van der Waals surface area (Å²) in [5.74, 6) is 0.118. The Bertz CT molecular complexity index is 745. The molecule has 0 unspecified atom stereocenters. The van der Waals surface area contributed by atoms with Crippen LogP contribution in [0.1, 0.15) is 33.4 Å². The number of amides is 1. The van der Waals surface area contributed by atoms with E-state index in [1.54, 1.807) is 0 Å². The minimum atomic E-state index is -0.299. The number of nitrogens with one attached hydrogen (secondary N) is 2. The number of aromatic nitrogens is 2. The van der Waals surface area contributed by atoms with Gasteiger partial charge in [-0.15, -0.1) is 0 Å². The zero-order valence-electron chi connectivity index (χ0n) is 14.3. The van der Waals surface area contributed by atoms with Gasteiger partial charge >= 0.3 is 6.01 Å². The zero-order valence-corrected chi connectivity index (χ0v) is 14.3. The van der Waals surface area contributed by atoms with E-state index in [9.17, 15) is 4.79 Å². The smallest absolute Gasteiger partial charge is 0.302 e. The second-order valence-electron chi connectivity index (χ2n) is 6.25. The number of guanidine groups is 1. The fourth-order valence-corrected chi connectivity index (χ4v) is 1.88. The van der Waals surface area contributed by atoms with Crippen LogP contribution in [0.5, 0.6) is 0 Å². The van der Waals surface area contributed by atoms with Crippen molar-refractivity contribution < 1.29 is 9.21 Å². The van der Waals surface area contributed by atoms with Crippen molar-refractivity contribution >= 4 is 17.9 Å². The van der Waals surface area contributed by atoms with Gasteiger partial charge in [-0.25, -0.2) is 9.98 Å². The van der Waals surface area contributed by atoms with E-state index in [-0.39, 0.29) is 23.4 Å². The van der Waals surface area contributed by atoms with Gasteiger partial charge < -0.3 is 15.5 Å². The molecule has 0 radical (unpaired) electrons. The summed E-state index contributed by atoms with van der Waals surface area (Å²) >= 11 is 0. The molecule has 0 aliphatic heterocycles. The van der Waals surface area contributed by atoms with Crippen molar-refractivity contribution in [1.29, 1.82) is 0 Å². The van der Waals surface area contributed by atoms with Crippen LogP contribution in [0.25, 0.3) is 11.4 Å². The fourth-order valence-electron chi connectivity index (χ4n) is 1.88. The number of carbonyl (C=O) groups is 1. The summed E-state index contributed by atoms with van der Waals surface area (Å²) in [5.41, 5.74) is 7.45. The van der Waals surface area contributed by atoms with Gasteiger partial charge in [0.05, 0.1) is 23.5 Å². The van der Waals surface area contributed by atoms with E-state index in [4.69, 9.17) is 10.2 Å². The number of anilines is 1. The van der Waals surface area contributed by atoms with E-state index >= 15 is 0 Å². The SMILES string of the molecule is CC(=O)NCc1cccc(-c2coc(NC(N)=NC(C)(C)C)n2)n1. The summed E-state index contributed by atoms with van der Waals surface area (Å²) in [6, 6.07) is 5.72. The topological polar surface area (TPSA) is 118 Å². The van der Waals surface area contributed by atoms with Crippen LogP contribution < -0.4 is 16.4 Å². The Labute approximate surface area is 140 Å². The van der Waals surface area contributed by atoms with E-state index in [0.29, 0.717) is 17.9 Å². The number of pyridine rings is 1. The maximum Gasteiger partial charge on any atom is 0.302 e. The predicted molar refractivity (Wildman–Crippen MR) is 92.3 cm³/mol. The van der Waals surface area contributed by atoms with E-state index in [1.165, 1.54) is 13.2 Å². The molecule has 0 saturated carbocycles. The van der Waals surface area contributed by atoms with Crippen molar-refractivity contribution in [3.8, 4) is 11.4 Å². The zero-order chi connectivity index (χ0) is 17.7. The van der Waals surface area contributed by atoms with Crippen LogP contribution in [0.15, 0.2) is 33.9 Å². The maximum atomic E-state index is 11.0. The number of oxazole rings is 1. The Morgan fingerprint density at radius 2 is 2.04 bits per heavy atom. The molecule has 0 aromatic carbocycles. The fraction of sp³-hybridized carbons (Fsp3) is 0.375. The molecule has 0 atom stereocenters. The number of rotatable bonds is 4. The predicted octanol–water partition coefficient (Wildman–Crippen LogP) is 1.90. The molecule has 0 aliphatic rings. The van der Waals surface area contributed by atoms with Crippen molar-refractivity contribution in [2.24, 2.45) is 10.7 Å². The Balaban J connectivity index is 2.11. The lowest BCUT2D eigenvalue weighted by atomic mass is 10.1. The average Bonchev–Trinajstić information content (AvgIpc) is 2.91. The summed E-state index contributed by atoms with van der Waals surface area (Å²) in [6.45, 7) is 7.63. The monoisotopic (exact) mass is 330 g/mol. The van der Waals surface area contributed by atoms with Crippen molar-refractivity contribution in [2.45, 2.75) is 39.8 Å². The van der Waals surface area contributed by atoms with Crippen LogP contribution in [0.3, 0.4) is 0 Å². The van der Waals surface area contributed by atoms with Crippen LogP contribution in [-0.4, -0.2) is 27.4 Å². The standard InChI is InChI=1S/C16H22N6O2/c1-10(23)18-8-11-6-5-7-12(19-11)13-9-24-15(20-13)21-14(17)22-16(2,3)4/h5-7,9H,8H2,1-4H3,(H,18,23)(H3,17,20,21,22). The normalized spacial score (nSPS) is 12.1. The molecule has 2 heterocycles. The van der Waals surface area contributed by atoms with Crippen LogP contribution in [-0.2, 0) is 11.3 Å². The molecule has 24 heavy (non-hydrogen) atoms. The molecule has 8 heteroatoms. The van der Waals surface area contributed by atoms with Gasteiger partial charge in [0.1, 0.15) is 12.0 Å². The van der Waals surface area contributed by atoms with Crippen LogP contribution in [0, 0.1) is 0 Å². The molecule has 4 N–H and O–H groups in total. The van der Waals surface area contributed by atoms with Crippen molar-refractivity contribution in [3.05, 3.63) is 30.2 Å². The van der Waals surface area contributed by atoms with E-state index in [2.05, 4.69) is 25.6 Å². The second kappa shape index (κ2) is 7.12. The minimum absolute atomic E-state index is 0.108. The van der Waals surface area contributed by atoms with Gasteiger partial charge in [-0.1, -0.05) is 6.07 Å². The molecular formula is C16H22N6O2. The molecule has 0 aliphatic carbocycles. The summed E-state index contributed by atoms with van der Waals surface area (Å²) in [6.07, 6.45) is 1.48. The Hall–Kier alpha value is -2.90. The lowest BCUT2D eigenvalue weighted by Gasteiger charge is -2.13. The van der Waals surface area contributed by atoms with Crippen molar-refractivity contribution in [2.75, 3.05) is 5.32 Å². The van der Waals surface area contributed by atoms with Crippen LogP contribution in [0.4, 0.5) is 6.01 Å². The largest absolute Gasteiger partial charge is 0.431 e. The van der Waals surface area contributed by atoms with Gasteiger partial charge in [-0.2, -0.15) is 4.98 Å². The van der Waals surface area contributed by atoms with Gasteiger partial charge in [-0.05, 0) is 32.9 Å². The summed E-state index contributed by atoms with van der Waals surface area (Å²) in [5, 5.41) is 5.51. The highest BCUT2D eigenvalue weighted by atomic mass is 16.4. The molecule has 2 aromatic heterocycles. The number of nitrogens with two attached hydrogens (primary N) is 1. The van der Waals surface area contributed by atoms with Gasteiger partial charge in [0, 0.05) is 6.92 Å². The minimum Gasteiger partial charge on any atom is -0.431 e. The van der Waals surface area contributed by atoms with Crippen LogP contribution >= 0.6 is 0 Å². The third-order valence-corrected chi connectivity index (χ3v) is 2.78. The molecule has 0 spiro atoms. The number of hydrogen-bond acceptors (Lipinski definition) is 5. The molecule has 2 rings (SSSR count). The van der Waals surface area contributed by atoms with E-state index < -0.39 is 0 Å². The number of hydrogen-bond donors (Lipinski definition) is 3. The maximum absolute atomic E-state index is 11.0. The molecule has 8 nitrogen and oxygen atoms in total. The lowest BCUT2D eigenvalue weighted by molar-refractivity contribution is -0.119. The highest BCUT2D eigenvalue weighted by Crippen LogP contribution is 2.19. The first kappa shape index (κ1) is 17.5. The highest BCUT2D eigenvalue weighted by molar-refractivity contribution is 5.90. The quantitative estimate of drug-likeness (QED) is 0.582. The average molecular weight is 330 g/mol. The van der Waals surface area contributed by atoms with Gasteiger partial charge in [0.25, 0.3) is 0 Å². The number of carbonyl (C=O) groups excluding carboxylic acids is 1. The first-order valence-corrected chi connectivity index (χ1v) is 7.51. The number of nitrogens with zero attached hydrogens (tertiary/aromatic N) is 3. The Morgan fingerprint density at radius 3 is 2.71 bits per heavy atom. The van der Waals surface area contributed by atoms with Crippen molar-refractivity contribution in [1.82, 2.24) is 15.3 Å². The molecule has 0 fully saturated rings. The summed E-state index contributed by atoms with van der Waals surface area (Å²) in [4.78, 5) is 24.0. The van der Waals surface area contributed by atoms with Crippen molar-refractivity contribution in [3.63, 3.8) is 0 Å². The third kappa shape index (κ3) is 5.38. The second-order valence-corrected chi connectivity index (χ2v) is 6.25.